The predicted octanol–water partition coefficient (Wildman–Crippen LogP) is 8.03. The van der Waals surface area contributed by atoms with Crippen molar-refractivity contribution in [2.24, 2.45) is 11.8 Å². The lowest BCUT2D eigenvalue weighted by atomic mass is 9.80. The van der Waals surface area contributed by atoms with Gasteiger partial charge in [-0.25, -0.2) is 0 Å². The summed E-state index contributed by atoms with van der Waals surface area (Å²) < 4.78 is 11.8. The molecule has 0 radical (unpaired) electrons. The first kappa shape index (κ1) is 24.2. The molecule has 2 aromatic carbocycles. The fraction of sp³-hybridized carbons (Fsp3) is 0.533. The van der Waals surface area contributed by atoms with E-state index in [0.29, 0.717) is 5.92 Å². The monoisotopic (exact) mass is 432 g/mol. The van der Waals surface area contributed by atoms with Gasteiger partial charge in [-0.05, 0) is 79.6 Å². The van der Waals surface area contributed by atoms with Gasteiger partial charge >= 0.3 is 0 Å². The summed E-state index contributed by atoms with van der Waals surface area (Å²) in [6.07, 6.45) is 13.2. The van der Waals surface area contributed by atoms with Gasteiger partial charge in [0.05, 0.1) is 13.2 Å². The zero-order valence-corrected chi connectivity index (χ0v) is 20.1. The van der Waals surface area contributed by atoms with Crippen LogP contribution in [0.15, 0.2) is 48.5 Å². The van der Waals surface area contributed by atoms with Crippen molar-refractivity contribution >= 4 is 0 Å². The molecule has 2 nitrogen and oxygen atoms in total. The second-order valence-corrected chi connectivity index (χ2v) is 9.19. The van der Waals surface area contributed by atoms with Gasteiger partial charge < -0.3 is 9.47 Å². The summed E-state index contributed by atoms with van der Waals surface area (Å²) in [5, 5.41) is 0. The summed E-state index contributed by atoms with van der Waals surface area (Å²) in [5.41, 5.74) is 2.01. The van der Waals surface area contributed by atoms with Crippen molar-refractivity contribution in [3.63, 3.8) is 0 Å². The van der Waals surface area contributed by atoms with E-state index in [0.717, 1.165) is 54.6 Å². The lowest BCUT2D eigenvalue weighted by molar-refractivity contribution is 0.177. The summed E-state index contributed by atoms with van der Waals surface area (Å²) in [5.74, 6) is 10.0. The molecule has 32 heavy (non-hydrogen) atoms. The molecule has 0 N–H and O–H groups in total. The van der Waals surface area contributed by atoms with E-state index in [9.17, 15) is 0 Å². The fourth-order valence-corrected chi connectivity index (χ4v) is 4.33. The van der Waals surface area contributed by atoms with Crippen LogP contribution in [0.3, 0.4) is 0 Å². The van der Waals surface area contributed by atoms with Crippen LogP contribution >= 0.6 is 0 Å². The van der Waals surface area contributed by atoms with Gasteiger partial charge in [0, 0.05) is 11.1 Å². The van der Waals surface area contributed by atoms with Gasteiger partial charge in [0.1, 0.15) is 11.5 Å². The standard InChI is InChI=1S/C30H40O2/c1-3-5-7-8-25-11-13-28(14-12-25)24-32-30-21-17-27(18-22-30)10-9-26-15-19-29(20-16-26)31-23-6-4-2/h15-22,25,28H,3-8,11-14,23-24H2,1-2H3/t25-,28-. The highest BCUT2D eigenvalue weighted by molar-refractivity contribution is 5.45. The summed E-state index contributed by atoms with van der Waals surface area (Å²) in [4.78, 5) is 0. The van der Waals surface area contributed by atoms with Gasteiger partial charge in [0.25, 0.3) is 0 Å². The van der Waals surface area contributed by atoms with Crippen LogP contribution in [0.4, 0.5) is 0 Å². The molecular formula is C30H40O2. The third-order valence-corrected chi connectivity index (χ3v) is 6.49. The highest BCUT2D eigenvalue weighted by atomic mass is 16.5. The minimum Gasteiger partial charge on any atom is -0.494 e. The van der Waals surface area contributed by atoms with E-state index < -0.39 is 0 Å². The second kappa shape index (κ2) is 13.9. The molecule has 172 valence electrons. The van der Waals surface area contributed by atoms with E-state index in [1.807, 2.05) is 36.4 Å². The Labute approximate surface area is 195 Å². The van der Waals surface area contributed by atoms with Crippen LogP contribution in [-0.2, 0) is 0 Å². The van der Waals surface area contributed by atoms with Crippen molar-refractivity contribution in [3.8, 4) is 23.3 Å². The third kappa shape index (κ3) is 8.62. The average Bonchev–Trinajstić information content (AvgIpc) is 2.84. The van der Waals surface area contributed by atoms with E-state index in [2.05, 4.69) is 37.8 Å². The molecular weight excluding hydrogens is 392 g/mol. The summed E-state index contributed by atoms with van der Waals surface area (Å²) in [6, 6.07) is 16.2. The molecule has 0 amide bonds. The maximum absolute atomic E-state index is 6.09. The number of benzene rings is 2. The smallest absolute Gasteiger partial charge is 0.119 e. The normalized spacial score (nSPS) is 17.9. The first-order valence-electron chi connectivity index (χ1n) is 12.7. The first-order chi connectivity index (χ1) is 15.8. The van der Waals surface area contributed by atoms with Gasteiger partial charge in [-0.15, -0.1) is 0 Å². The third-order valence-electron chi connectivity index (χ3n) is 6.49. The Kier molecular flexibility index (Phi) is 10.5. The zero-order valence-electron chi connectivity index (χ0n) is 20.1. The number of rotatable bonds is 11. The van der Waals surface area contributed by atoms with E-state index in [1.54, 1.807) is 0 Å². The molecule has 1 saturated carbocycles. The Morgan fingerprint density at radius 2 is 1.19 bits per heavy atom. The van der Waals surface area contributed by atoms with Crippen LogP contribution in [-0.4, -0.2) is 13.2 Å². The predicted molar refractivity (Wildman–Crippen MR) is 134 cm³/mol. The Hall–Kier alpha value is -2.40. The van der Waals surface area contributed by atoms with Crippen LogP contribution in [0.2, 0.25) is 0 Å². The number of unbranched alkanes of at least 4 members (excludes halogenated alkanes) is 3. The molecule has 1 aliphatic carbocycles. The molecule has 2 aromatic rings. The molecule has 0 atom stereocenters. The Morgan fingerprint density at radius 3 is 1.75 bits per heavy atom. The van der Waals surface area contributed by atoms with E-state index in [-0.39, 0.29) is 0 Å². The lowest BCUT2D eigenvalue weighted by Crippen LogP contribution is -2.20. The van der Waals surface area contributed by atoms with Crippen molar-refractivity contribution in [1.29, 1.82) is 0 Å². The Bertz CT molecular complexity index is 818. The van der Waals surface area contributed by atoms with Crippen LogP contribution in [0.5, 0.6) is 11.5 Å². The highest BCUT2D eigenvalue weighted by Crippen LogP contribution is 2.32. The molecule has 0 spiro atoms. The highest BCUT2D eigenvalue weighted by Gasteiger charge is 2.21. The molecule has 3 rings (SSSR count). The van der Waals surface area contributed by atoms with E-state index >= 15 is 0 Å². The Morgan fingerprint density at radius 1 is 0.656 bits per heavy atom. The fourth-order valence-electron chi connectivity index (χ4n) is 4.33. The lowest BCUT2D eigenvalue weighted by Gasteiger charge is -2.28. The second-order valence-electron chi connectivity index (χ2n) is 9.19. The van der Waals surface area contributed by atoms with Gasteiger partial charge in [-0.3, -0.25) is 0 Å². The maximum atomic E-state index is 6.09. The van der Waals surface area contributed by atoms with Crippen molar-refractivity contribution in [2.75, 3.05) is 13.2 Å². The molecule has 0 aromatic heterocycles. The molecule has 0 bridgehead atoms. The largest absolute Gasteiger partial charge is 0.494 e. The molecule has 2 heteroatoms. The van der Waals surface area contributed by atoms with Gasteiger partial charge in [0.2, 0.25) is 0 Å². The van der Waals surface area contributed by atoms with Crippen molar-refractivity contribution in [2.45, 2.75) is 78.1 Å². The quantitative estimate of drug-likeness (QED) is 0.264. The SMILES string of the molecule is CCCCC[C@H]1CC[C@H](COc2ccc(C#Cc3ccc(OCCCC)cc3)cc2)CC1. The minimum atomic E-state index is 0.714. The number of hydrogen-bond donors (Lipinski definition) is 0. The molecule has 0 saturated heterocycles. The van der Waals surface area contributed by atoms with Crippen molar-refractivity contribution < 1.29 is 9.47 Å². The van der Waals surface area contributed by atoms with Gasteiger partial charge in [0.15, 0.2) is 0 Å². The molecule has 0 heterocycles. The molecule has 0 aliphatic heterocycles. The van der Waals surface area contributed by atoms with E-state index in [4.69, 9.17) is 9.47 Å². The van der Waals surface area contributed by atoms with Crippen LogP contribution < -0.4 is 9.47 Å². The minimum absolute atomic E-state index is 0.714. The van der Waals surface area contributed by atoms with Crippen molar-refractivity contribution in [1.82, 2.24) is 0 Å². The van der Waals surface area contributed by atoms with Crippen LogP contribution in [0.25, 0.3) is 0 Å². The van der Waals surface area contributed by atoms with Crippen LogP contribution in [0, 0.1) is 23.7 Å². The topological polar surface area (TPSA) is 18.5 Å². The Balaban J connectivity index is 1.39. The molecule has 1 fully saturated rings. The van der Waals surface area contributed by atoms with Crippen molar-refractivity contribution in [3.05, 3.63) is 59.7 Å². The molecule has 1 aliphatic rings. The summed E-state index contributed by atoms with van der Waals surface area (Å²) in [6.45, 7) is 6.08. The molecule has 0 unspecified atom stereocenters. The first-order valence-corrected chi connectivity index (χ1v) is 12.7. The van der Waals surface area contributed by atoms with Crippen LogP contribution in [0.1, 0.15) is 89.2 Å². The maximum Gasteiger partial charge on any atom is 0.119 e. The van der Waals surface area contributed by atoms with Gasteiger partial charge in [-0.2, -0.15) is 0 Å². The van der Waals surface area contributed by atoms with Gasteiger partial charge in [-0.1, -0.05) is 70.6 Å². The average molecular weight is 433 g/mol. The van der Waals surface area contributed by atoms with E-state index in [1.165, 1.54) is 51.4 Å². The zero-order chi connectivity index (χ0) is 22.4. The number of ether oxygens (including phenoxy) is 2. The summed E-state index contributed by atoms with van der Waals surface area (Å²) >= 11 is 0. The summed E-state index contributed by atoms with van der Waals surface area (Å²) in [7, 11) is 0. The number of hydrogen-bond acceptors (Lipinski definition) is 2.